The van der Waals surface area contributed by atoms with Gasteiger partial charge in [-0.25, -0.2) is 0 Å². The Labute approximate surface area is 103 Å². The topological polar surface area (TPSA) is 103 Å². The smallest absolute Gasteiger partial charge is 0.481 e. The van der Waals surface area contributed by atoms with Gasteiger partial charge in [0.25, 0.3) is 0 Å². The van der Waals surface area contributed by atoms with Gasteiger partial charge < -0.3 is 20.0 Å². The van der Waals surface area contributed by atoms with E-state index < -0.39 is 40.8 Å². The highest BCUT2D eigenvalue weighted by molar-refractivity contribution is 5.73. The van der Waals surface area contributed by atoms with Crippen LogP contribution in [-0.2, 0) is 11.2 Å². The highest BCUT2D eigenvalue weighted by Gasteiger charge is 2.35. The number of aryl methyl sites for hydroxylation is 1. The Bertz CT molecular complexity index is 529. The Morgan fingerprint density at radius 1 is 1.58 bits per heavy atom. The Kier molecular flexibility index (Phi) is 3.92. The van der Waals surface area contributed by atoms with Crippen LogP contribution in [0, 0.1) is 17.0 Å². The molecule has 0 aliphatic rings. The van der Waals surface area contributed by atoms with Crippen LogP contribution in [0.4, 0.5) is 19.0 Å². The number of carboxylic acids is 1. The number of ether oxygens (including phenoxy) is 1. The lowest BCUT2D eigenvalue weighted by Crippen LogP contribution is -2.20. The van der Waals surface area contributed by atoms with Gasteiger partial charge in [-0.2, -0.15) is 0 Å². The zero-order chi connectivity index (χ0) is 14.8. The molecule has 0 spiro atoms. The number of nitrogens with zero attached hydrogens (tertiary/aromatic N) is 2. The molecule has 0 aliphatic heterocycles. The molecule has 0 amide bonds. The number of hydrogen-bond donors (Lipinski definition) is 1. The summed E-state index contributed by atoms with van der Waals surface area (Å²) in [5, 5.41) is 19.3. The predicted molar refractivity (Wildman–Crippen MR) is 53.7 cm³/mol. The fraction of sp³-hybridized carbons (Fsp3) is 0.333. The van der Waals surface area contributed by atoms with Gasteiger partial charge in [0.15, 0.2) is 5.69 Å². The zero-order valence-electron chi connectivity index (χ0n) is 9.39. The van der Waals surface area contributed by atoms with Gasteiger partial charge in [-0.3, -0.25) is 4.79 Å². The number of alkyl halides is 3. The van der Waals surface area contributed by atoms with Crippen molar-refractivity contribution in [2.24, 2.45) is 0 Å². The molecule has 19 heavy (non-hydrogen) atoms. The lowest BCUT2D eigenvalue weighted by atomic mass is 10.1. The third-order valence-corrected chi connectivity index (χ3v) is 1.92. The highest BCUT2D eigenvalue weighted by atomic mass is 19.4. The summed E-state index contributed by atoms with van der Waals surface area (Å²) in [7, 11) is 0. The van der Waals surface area contributed by atoms with Crippen molar-refractivity contribution in [2.45, 2.75) is 19.7 Å². The largest absolute Gasteiger partial charge is 0.573 e. The van der Waals surface area contributed by atoms with Gasteiger partial charge >= 0.3 is 18.1 Å². The van der Waals surface area contributed by atoms with Gasteiger partial charge in [0, 0.05) is 13.0 Å². The Hall–Kier alpha value is -2.39. The molecule has 104 valence electrons. The van der Waals surface area contributed by atoms with Gasteiger partial charge in [0.05, 0.1) is 6.42 Å². The van der Waals surface area contributed by atoms with Crippen molar-refractivity contribution < 1.29 is 32.7 Å². The van der Waals surface area contributed by atoms with Crippen LogP contribution in [-0.4, -0.2) is 27.3 Å². The molecule has 0 unspecified atom stereocenters. The maximum absolute atomic E-state index is 12.2. The van der Waals surface area contributed by atoms with Gasteiger partial charge in [-0.1, -0.05) is 0 Å². The van der Waals surface area contributed by atoms with E-state index in [0.717, 1.165) is 6.07 Å². The summed E-state index contributed by atoms with van der Waals surface area (Å²) in [6, 6.07) is 0.790. The van der Waals surface area contributed by atoms with E-state index in [0.29, 0.717) is 0 Å². The Morgan fingerprint density at radius 2 is 2.16 bits per heavy atom. The summed E-state index contributed by atoms with van der Waals surface area (Å²) in [6.07, 6.45) is -6.09. The van der Waals surface area contributed by atoms with Crippen LogP contribution in [0.25, 0.3) is 0 Å². The molecule has 0 saturated heterocycles. The molecule has 1 heterocycles. The minimum absolute atomic E-state index is 0.0971. The van der Waals surface area contributed by atoms with Gasteiger partial charge in [-0.05, 0) is 9.91 Å². The molecule has 0 bridgehead atoms. The summed E-state index contributed by atoms with van der Waals surface area (Å²) in [6.45, 7) is 1.22. The first kappa shape index (κ1) is 14.7. The van der Waals surface area contributed by atoms with Gasteiger partial charge in [0.1, 0.15) is 11.3 Å². The molecule has 0 aliphatic carbocycles. The quantitative estimate of drug-likeness (QED) is 0.666. The molecule has 1 aromatic rings. The van der Waals surface area contributed by atoms with Crippen molar-refractivity contribution in [3.63, 3.8) is 0 Å². The van der Waals surface area contributed by atoms with E-state index in [1.165, 1.54) is 6.92 Å². The fourth-order valence-electron chi connectivity index (χ4n) is 1.34. The molecule has 1 rings (SSSR count). The molecule has 7 nitrogen and oxygen atoms in total. The van der Waals surface area contributed by atoms with Gasteiger partial charge in [0.2, 0.25) is 0 Å². The lowest BCUT2D eigenvalue weighted by molar-refractivity contribution is -0.390. The van der Waals surface area contributed by atoms with E-state index in [1.54, 1.807) is 0 Å². The van der Waals surface area contributed by atoms with E-state index in [4.69, 9.17) is 5.11 Å². The third-order valence-electron chi connectivity index (χ3n) is 1.92. The lowest BCUT2D eigenvalue weighted by Gasteiger charge is -2.12. The van der Waals surface area contributed by atoms with Crippen molar-refractivity contribution >= 4 is 11.8 Å². The standard InChI is InChI=1S/C9H7F3N2O5/c1-4-2-6(19-9(10,11)12)5(3-7(15)16)8(13-4)14(17)18/h2H,3H2,1H3,(H,15,16). The molecule has 1 aromatic heterocycles. The van der Waals surface area contributed by atoms with E-state index in [9.17, 15) is 28.1 Å². The van der Waals surface area contributed by atoms with Crippen LogP contribution >= 0.6 is 0 Å². The van der Waals surface area contributed by atoms with Crippen LogP contribution < -0.4 is 4.74 Å². The predicted octanol–water partition coefficient (Wildman–Crippen LogP) is 1.82. The molecule has 0 aromatic carbocycles. The third kappa shape index (κ3) is 4.08. The second kappa shape index (κ2) is 5.08. The average Bonchev–Trinajstić information content (AvgIpc) is 2.18. The second-order valence-electron chi connectivity index (χ2n) is 3.44. The number of carboxylic acid groups (broad SMARTS) is 1. The van der Waals surface area contributed by atoms with Crippen LogP contribution in [0.15, 0.2) is 6.07 Å². The van der Waals surface area contributed by atoms with Gasteiger partial charge in [-0.15, -0.1) is 13.2 Å². The van der Waals surface area contributed by atoms with Crippen molar-refractivity contribution in [2.75, 3.05) is 0 Å². The van der Waals surface area contributed by atoms with Crippen molar-refractivity contribution in [3.05, 3.63) is 27.4 Å². The first-order valence-electron chi connectivity index (χ1n) is 4.72. The number of halogens is 3. The summed E-state index contributed by atoms with van der Waals surface area (Å²) in [4.78, 5) is 23.6. The average molecular weight is 280 g/mol. The number of carbonyl (C=O) groups is 1. The fourth-order valence-corrected chi connectivity index (χ4v) is 1.34. The molecule has 0 fully saturated rings. The van der Waals surface area contributed by atoms with Crippen LogP contribution in [0.2, 0.25) is 0 Å². The molecule has 1 N–H and O–H groups in total. The first-order chi connectivity index (χ1) is 8.60. The van der Waals surface area contributed by atoms with Crippen molar-refractivity contribution in [1.82, 2.24) is 4.98 Å². The first-order valence-corrected chi connectivity index (χ1v) is 4.72. The maximum Gasteiger partial charge on any atom is 0.573 e. The summed E-state index contributed by atoms with van der Waals surface area (Å²) in [5.41, 5.74) is -0.833. The zero-order valence-corrected chi connectivity index (χ0v) is 9.39. The van der Waals surface area contributed by atoms with E-state index >= 15 is 0 Å². The maximum atomic E-state index is 12.2. The highest BCUT2D eigenvalue weighted by Crippen LogP contribution is 2.32. The number of nitro groups is 1. The molecule has 0 atom stereocenters. The Balaban J connectivity index is 3.41. The number of rotatable bonds is 4. The molecule has 0 radical (unpaired) electrons. The summed E-state index contributed by atoms with van der Waals surface area (Å²) in [5.74, 6) is -3.45. The minimum Gasteiger partial charge on any atom is -0.481 e. The molecule has 0 saturated carbocycles. The molecular formula is C9H7F3N2O5. The van der Waals surface area contributed by atoms with Crippen molar-refractivity contribution in [1.29, 1.82) is 0 Å². The Morgan fingerprint density at radius 3 is 2.58 bits per heavy atom. The van der Waals surface area contributed by atoms with Crippen molar-refractivity contribution in [3.8, 4) is 5.75 Å². The van der Waals surface area contributed by atoms with E-state index in [-0.39, 0.29) is 5.69 Å². The number of aromatic nitrogens is 1. The monoisotopic (exact) mass is 280 g/mol. The number of aliphatic carboxylic acids is 1. The second-order valence-corrected chi connectivity index (χ2v) is 3.44. The van der Waals surface area contributed by atoms with Crippen LogP contribution in [0.3, 0.4) is 0 Å². The number of hydrogen-bond acceptors (Lipinski definition) is 5. The van der Waals surface area contributed by atoms with Crippen LogP contribution in [0.1, 0.15) is 11.3 Å². The summed E-state index contributed by atoms with van der Waals surface area (Å²) < 4.78 is 40.1. The normalized spacial score (nSPS) is 11.2. The van der Waals surface area contributed by atoms with E-state index in [1.807, 2.05) is 0 Å². The summed E-state index contributed by atoms with van der Waals surface area (Å²) >= 11 is 0. The minimum atomic E-state index is -5.09. The number of pyridine rings is 1. The van der Waals surface area contributed by atoms with E-state index in [2.05, 4.69) is 9.72 Å². The molecular weight excluding hydrogens is 273 g/mol. The molecule has 10 heteroatoms. The van der Waals surface area contributed by atoms with Crippen LogP contribution in [0.5, 0.6) is 5.75 Å². The SMILES string of the molecule is Cc1cc(OC(F)(F)F)c(CC(=O)O)c([N+](=O)[O-])n1.